The van der Waals surface area contributed by atoms with Crippen molar-refractivity contribution in [3.8, 4) is 0 Å². The van der Waals surface area contributed by atoms with Crippen LogP contribution in [0, 0.1) is 11.8 Å². The van der Waals surface area contributed by atoms with Crippen molar-refractivity contribution in [3.05, 3.63) is 35.9 Å². The molecule has 1 saturated heterocycles. The molecule has 2 atom stereocenters. The maximum atomic E-state index is 12.0. The summed E-state index contributed by atoms with van der Waals surface area (Å²) in [7, 11) is 0. The van der Waals surface area contributed by atoms with Crippen molar-refractivity contribution in [3.63, 3.8) is 0 Å². The van der Waals surface area contributed by atoms with E-state index in [4.69, 9.17) is 0 Å². The molecule has 2 fully saturated rings. The highest BCUT2D eigenvalue weighted by Crippen LogP contribution is 2.49. The second-order valence-electron chi connectivity index (χ2n) is 6.21. The van der Waals surface area contributed by atoms with E-state index < -0.39 is 0 Å². The smallest absolute Gasteiger partial charge is 0.220 e. The predicted molar refractivity (Wildman–Crippen MR) is 80.5 cm³/mol. The predicted octanol–water partition coefficient (Wildman–Crippen LogP) is 2.30. The van der Waals surface area contributed by atoms with Gasteiger partial charge in [0, 0.05) is 13.0 Å². The summed E-state index contributed by atoms with van der Waals surface area (Å²) in [5.74, 6) is 2.09. The molecule has 0 spiro atoms. The number of piperidine rings is 1. The third-order valence-electron chi connectivity index (χ3n) is 4.64. The van der Waals surface area contributed by atoms with Gasteiger partial charge in [-0.25, -0.2) is 0 Å². The fourth-order valence-corrected chi connectivity index (χ4v) is 3.24. The lowest BCUT2D eigenvalue weighted by Gasteiger charge is -2.22. The van der Waals surface area contributed by atoms with Crippen LogP contribution in [0.4, 0.5) is 0 Å². The largest absolute Gasteiger partial charge is 0.356 e. The molecule has 1 aromatic carbocycles. The van der Waals surface area contributed by atoms with Crippen LogP contribution < -0.4 is 10.6 Å². The molecule has 0 radical (unpaired) electrons. The molecule has 2 aliphatic rings. The third kappa shape index (κ3) is 3.60. The molecular formula is C17H24N2O. The summed E-state index contributed by atoms with van der Waals surface area (Å²) in [4.78, 5) is 12.0. The van der Waals surface area contributed by atoms with Gasteiger partial charge in [0.05, 0.1) is 0 Å². The monoisotopic (exact) mass is 272 g/mol. The average molecular weight is 272 g/mol. The van der Waals surface area contributed by atoms with E-state index in [-0.39, 0.29) is 5.91 Å². The van der Waals surface area contributed by atoms with Gasteiger partial charge in [-0.05, 0) is 55.7 Å². The van der Waals surface area contributed by atoms with Crippen LogP contribution in [0.3, 0.4) is 0 Å². The molecule has 0 unspecified atom stereocenters. The Labute approximate surface area is 121 Å². The molecule has 1 aliphatic carbocycles. The summed E-state index contributed by atoms with van der Waals surface area (Å²) < 4.78 is 0. The lowest BCUT2D eigenvalue weighted by atomic mass is 9.98. The molecule has 0 aromatic heterocycles. The first-order valence-corrected chi connectivity index (χ1v) is 7.85. The zero-order valence-electron chi connectivity index (χ0n) is 12.0. The summed E-state index contributed by atoms with van der Waals surface area (Å²) in [6.45, 7) is 3.06. The maximum absolute atomic E-state index is 12.0. The summed E-state index contributed by atoms with van der Waals surface area (Å²) >= 11 is 0. The van der Waals surface area contributed by atoms with E-state index in [1.165, 1.54) is 24.8 Å². The standard InChI is InChI=1S/C17H24N2O/c20-17(19-12-13-6-8-18-9-7-13)11-15-10-16(15)14-4-2-1-3-5-14/h1-5,13,15-16,18H,6-12H2,(H,19,20)/t15-,16-/m0/s1. The Morgan fingerprint density at radius 1 is 1.20 bits per heavy atom. The normalized spacial score (nSPS) is 26.2. The van der Waals surface area contributed by atoms with Crippen LogP contribution in [-0.2, 0) is 4.79 Å². The molecular weight excluding hydrogens is 248 g/mol. The number of nitrogens with one attached hydrogen (secondary N) is 2. The van der Waals surface area contributed by atoms with Gasteiger partial charge in [-0.1, -0.05) is 30.3 Å². The maximum Gasteiger partial charge on any atom is 0.220 e. The van der Waals surface area contributed by atoms with E-state index in [2.05, 4.69) is 34.9 Å². The Hall–Kier alpha value is -1.35. The van der Waals surface area contributed by atoms with E-state index in [1.807, 2.05) is 6.07 Å². The number of rotatable bonds is 5. The Kier molecular flexibility index (Phi) is 4.36. The van der Waals surface area contributed by atoms with Gasteiger partial charge in [-0.2, -0.15) is 0 Å². The van der Waals surface area contributed by atoms with Crippen molar-refractivity contribution in [1.29, 1.82) is 0 Å². The second kappa shape index (κ2) is 6.40. The molecule has 20 heavy (non-hydrogen) atoms. The first kappa shape index (κ1) is 13.6. The van der Waals surface area contributed by atoms with Crippen LogP contribution in [0.1, 0.15) is 37.2 Å². The number of carbonyl (C=O) groups is 1. The lowest BCUT2D eigenvalue weighted by molar-refractivity contribution is -0.121. The Balaban J connectivity index is 1.38. The van der Waals surface area contributed by atoms with Crippen molar-refractivity contribution >= 4 is 5.91 Å². The van der Waals surface area contributed by atoms with Crippen molar-refractivity contribution in [2.75, 3.05) is 19.6 Å². The van der Waals surface area contributed by atoms with Crippen LogP contribution in [0.25, 0.3) is 0 Å². The lowest BCUT2D eigenvalue weighted by Crippen LogP contribution is -2.36. The second-order valence-corrected chi connectivity index (χ2v) is 6.21. The highest BCUT2D eigenvalue weighted by atomic mass is 16.1. The number of carbonyl (C=O) groups excluding carboxylic acids is 1. The van der Waals surface area contributed by atoms with E-state index in [0.29, 0.717) is 24.2 Å². The molecule has 1 amide bonds. The molecule has 1 aromatic rings. The fraction of sp³-hybridized carbons (Fsp3) is 0.588. The Bertz CT molecular complexity index is 440. The van der Waals surface area contributed by atoms with Crippen LogP contribution >= 0.6 is 0 Å². The molecule has 1 saturated carbocycles. The molecule has 3 nitrogen and oxygen atoms in total. The van der Waals surface area contributed by atoms with Gasteiger partial charge in [0.15, 0.2) is 0 Å². The van der Waals surface area contributed by atoms with Crippen LogP contribution in [-0.4, -0.2) is 25.5 Å². The van der Waals surface area contributed by atoms with E-state index in [0.717, 1.165) is 19.6 Å². The van der Waals surface area contributed by atoms with Crippen molar-refractivity contribution in [2.45, 2.75) is 31.6 Å². The van der Waals surface area contributed by atoms with Gasteiger partial charge >= 0.3 is 0 Å². The zero-order chi connectivity index (χ0) is 13.8. The molecule has 3 heteroatoms. The van der Waals surface area contributed by atoms with E-state index >= 15 is 0 Å². The van der Waals surface area contributed by atoms with Gasteiger partial charge in [0.25, 0.3) is 0 Å². The number of hydrogen-bond donors (Lipinski definition) is 2. The van der Waals surface area contributed by atoms with E-state index in [9.17, 15) is 4.79 Å². The Morgan fingerprint density at radius 3 is 2.70 bits per heavy atom. The van der Waals surface area contributed by atoms with Gasteiger partial charge in [0.1, 0.15) is 0 Å². The van der Waals surface area contributed by atoms with Crippen LogP contribution in [0.15, 0.2) is 30.3 Å². The highest BCUT2D eigenvalue weighted by Gasteiger charge is 2.39. The molecule has 0 bridgehead atoms. The first-order chi connectivity index (χ1) is 9.83. The molecule has 2 N–H and O–H groups in total. The summed E-state index contributed by atoms with van der Waals surface area (Å²) in [6, 6.07) is 10.6. The van der Waals surface area contributed by atoms with Crippen molar-refractivity contribution in [1.82, 2.24) is 10.6 Å². The van der Waals surface area contributed by atoms with Gasteiger partial charge < -0.3 is 10.6 Å². The summed E-state index contributed by atoms with van der Waals surface area (Å²) in [5.41, 5.74) is 1.39. The van der Waals surface area contributed by atoms with Crippen molar-refractivity contribution in [2.24, 2.45) is 11.8 Å². The van der Waals surface area contributed by atoms with Crippen LogP contribution in [0.5, 0.6) is 0 Å². The summed E-state index contributed by atoms with van der Waals surface area (Å²) in [6.07, 6.45) is 4.25. The quantitative estimate of drug-likeness (QED) is 0.863. The number of hydrogen-bond acceptors (Lipinski definition) is 2. The fourth-order valence-electron chi connectivity index (χ4n) is 3.24. The molecule has 1 heterocycles. The molecule has 1 aliphatic heterocycles. The first-order valence-electron chi connectivity index (χ1n) is 7.85. The summed E-state index contributed by atoms with van der Waals surface area (Å²) in [5, 5.41) is 6.48. The van der Waals surface area contributed by atoms with Gasteiger partial charge in [0.2, 0.25) is 5.91 Å². The topological polar surface area (TPSA) is 41.1 Å². The molecule has 108 valence electrons. The SMILES string of the molecule is O=C(C[C@@H]1C[C@H]1c1ccccc1)NCC1CCNCC1. The zero-order valence-corrected chi connectivity index (χ0v) is 12.0. The third-order valence-corrected chi connectivity index (χ3v) is 4.64. The van der Waals surface area contributed by atoms with Crippen molar-refractivity contribution < 1.29 is 4.79 Å². The van der Waals surface area contributed by atoms with Gasteiger partial charge in [-0.15, -0.1) is 0 Å². The minimum Gasteiger partial charge on any atom is -0.356 e. The highest BCUT2D eigenvalue weighted by molar-refractivity contribution is 5.76. The minimum atomic E-state index is 0.243. The Morgan fingerprint density at radius 2 is 1.95 bits per heavy atom. The molecule has 3 rings (SSSR count). The number of amides is 1. The number of benzene rings is 1. The average Bonchev–Trinajstić information content (AvgIpc) is 3.26. The van der Waals surface area contributed by atoms with Crippen LogP contribution in [0.2, 0.25) is 0 Å². The van der Waals surface area contributed by atoms with Gasteiger partial charge in [-0.3, -0.25) is 4.79 Å². The van der Waals surface area contributed by atoms with E-state index in [1.54, 1.807) is 0 Å². The minimum absolute atomic E-state index is 0.243.